The molecular formula is C14H17ClN2O4. The van der Waals surface area contributed by atoms with Gasteiger partial charge in [0.2, 0.25) is 0 Å². The Morgan fingerprint density at radius 2 is 2.10 bits per heavy atom. The average Bonchev–Trinajstić information content (AvgIpc) is 2.82. The minimum atomic E-state index is -1.11. The fourth-order valence-corrected chi connectivity index (χ4v) is 2.62. The van der Waals surface area contributed by atoms with Crippen LogP contribution >= 0.6 is 11.6 Å². The Hall–Kier alpha value is -1.79. The number of hydrogen-bond donors (Lipinski definition) is 2. The highest BCUT2D eigenvalue weighted by Crippen LogP contribution is 2.22. The normalized spacial score (nSPS) is 21.4. The van der Waals surface area contributed by atoms with E-state index in [9.17, 15) is 14.7 Å². The standard InChI is InChI=1S/C14H17ClN2O4/c1-16(7-9-4-2-3-5-11(9)15)14(21)17-8-10(18)6-12(17)13(19)20/h2-5,10,12,18H,6-8H2,1H3,(H,19,20)/t10?,12-/m0/s1. The number of nitrogens with zero attached hydrogens (tertiary/aromatic N) is 2. The molecule has 1 aliphatic rings. The highest BCUT2D eigenvalue weighted by Gasteiger charge is 2.40. The molecule has 1 saturated heterocycles. The summed E-state index contributed by atoms with van der Waals surface area (Å²) < 4.78 is 0. The van der Waals surface area contributed by atoms with Crippen molar-refractivity contribution in [3.63, 3.8) is 0 Å². The minimum absolute atomic E-state index is 0.0304. The lowest BCUT2D eigenvalue weighted by Crippen LogP contribution is -2.46. The lowest BCUT2D eigenvalue weighted by atomic mass is 10.2. The maximum absolute atomic E-state index is 12.4. The predicted octanol–water partition coefficient (Wildman–Crippen LogP) is 1.41. The van der Waals surface area contributed by atoms with Crippen LogP contribution in [0, 0.1) is 0 Å². The Morgan fingerprint density at radius 1 is 1.43 bits per heavy atom. The van der Waals surface area contributed by atoms with Gasteiger partial charge in [0.15, 0.2) is 0 Å². The lowest BCUT2D eigenvalue weighted by Gasteiger charge is -2.27. The van der Waals surface area contributed by atoms with Gasteiger partial charge in [0.1, 0.15) is 6.04 Å². The quantitative estimate of drug-likeness (QED) is 0.884. The van der Waals surface area contributed by atoms with Crippen LogP contribution in [0.5, 0.6) is 0 Å². The summed E-state index contributed by atoms with van der Waals surface area (Å²) in [7, 11) is 1.58. The molecule has 1 fully saturated rings. The third kappa shape index (κ3) is 3.46. The van der Waals surface area contributed by atoms with Gasteiger partial charge in [-0.1, -0.05) is 29.8 Å². The molecule has 1 unspecified atom stereocenters. The largest absolute Gasteiger partial charge is 0.480 e. The van der Waals surface area contributed by atoms with Crippen molar-refractivity contribution >= 4 is 23.6 Å². The molecular weight excluding hydrogens is 296 g/mol. The van der Waals surface area contributed by atoms with Crippen molar-refractivity contribution in [2.45, 2.75) is 25.1 Å². The Kier molecular flexibility index (Phi) is 4.69. The van der Waals surface area contributed by atoms with Crippen LogP contribution in [0.15, 0.2) is 24.3 Å². The number of rotatable bonds is 3. The summed E-state index contributed by atoms with van der Waals surface area (Å²) in [4.78, 5) is 26.1. The first-order valence-corrected chi connectivity index (χ1v) is 6.94. The summed E-state index contributed by atoms with van der Waals surface area (Å²) in [5.41, 5.74) is 0.779. The van der Waals surface area contributed by atoms with Crippen LogP contribution in [-0.2, 0) is 11.3 Å². The molecule has 0 saturated carbocycles. The van der Waals surface area contributed by atoms with Gasteiger partial charge >= 0.3 is 12.0 Å². The summed E-state index contributed by atoms with van der Waals surface area (Å²) in [6, 6.07) is 5.73. The lowest BCUT2D eigenvalue weighted by molar-refractivity contribution is -0.141. The second kappa shape index (κ2) is 6.32. The number of halogens is 1. The van der Waals surface area contributed by atoms with E-state index >= 15 is 0 Å². The van der Waals surface area contributed by atoms with Gasteiger partial charge in [0.05, 0.1) is 6.10 Å². The van der Waals surface area contributed by atoms with E-state index in [1.54, 1.807) is 25.2 Å². The van der Waals surface area contributed by atoms with Gasteiger partial charge in [-0.25, -0.2) is 9.59 Å². The SMILES string of the molecule is CN(Cc1ccccc1Cl)C(=O)N1CC(O)C[C@H]1C(=O)O. The van der Waals surface area contributed by atoms with Crippen LogP contribution in [0.1, 0.15) is 12.0 Å². The van der Waals surface area contributed by atoms with Crippen LogP contribution in [0.4, 0.5) is 4.79 Å². The zero-order chi connectivity index (χ0) is 15.6. The Balaban J connectivity index is 2.08. The molecule has 1 aromatic carbocycles. The Labute approximate surface area is 127 Å². The molecule has 1 aliphatic heterocycles. The number of aliphatic hydroxyl groups excluding tert-OH is 1. The number of urea groups is 1. The molecule has 114 valence electrons. The number of carboxylic acid groups (broad SMARTS) is 1. The second-order valence-corrected chi connectivity index (χ2v) is 5.53. The number of aliphatic hydroxyl groups is 1. The van der Waals surface area contributed by atoms with Crippen molar-refractivity contribution in [2.75, 3.05) is 13.6 Å². The topological polar surface area (TPSA) is 81.1 Å². The molecule has 6 nitrogen and oxygen atoms in total. The van der Waals surface area contributed by atoms with Crippen LogP contribution < -0.4 is 0 Å². The predicted molar refractivity (Wildman–Crippen MR) is 77.1 cm³/mol. The number of carboxylic acids is 1. The monoisotopic (exact) mass is 312 g/mol. The number of carbonyl (C=O) groups excluding carboxylic acids is 1. The number of amides is 2. The molecule has 0 spiro atoms. The second-order valence-electron chi connectivity index (χ2n) is 5.13. The first-order valence-electron chi connectivity index (χ1n) is 6.56. The van der Waals surface area contributed by atoms with Crippen molar-refractivity contribution < 1.29 is 19.8 Å². The first-order chi connectivity index (χ1) is 9.90. The van der Waals surface area contributed by atoms with Crippen LogP contribution in [0.25, 0.3) is 0 Å². The summed E-state index contributed by atoms with van der Waals surface area (Å²) >= 11 is 6.05. The van der Waals surface area contributed by atoms with Crippen LogP contribution in [0.2, 0.25) is 5.02 Å². The van der Waals surface area contributed by atoms with Gasteiger partial charge in [0, 0.05) is 31.6 Å². The maximum atomic E-state index is 12.4. The summed E-state index contributed by atoms with van der Waals surface area (Å²) in [5, 5.41) is 19.3. The van der Waals surface area contributed by atoms with Gasteiger partial charge in [-0.05, 0) is 11.6 Å². The zero-order valence-electron chi connectivity index (χ0n) is 11.6. The van der Waals surface area contributed by atoms with Gasteiger partial charge in [0.25, 0.3) is 0 Å². The third-order valence-corrected chi connectivity index (χ3v) is 3.87. The first kappa shape index (κ1) is 15.6. The highest BCUT2D eigenvalue weighted by molar-refractivity contribution is 6.31. The number of aliphatic carboxylic acids is 1. The molecule has 21 heavy (non-hydrogen) atoms. The van der Waals surface area contributed by atoms with Gasteiger partial charge < -0.3 is 20.0 Å². The number of β-amino-alcohol motifs (C(OH)–C–C–N with tert-alkyl or cyclic N) is 1. The highest BCUT2D eigenvalue weighted by atomic mass is 35.5. The molecule has 2 atom stereocenters. The number of hydrogen-bond acceptors (Lipinski definition) is 3. The fraction of sp³-hybridized carbons (Fsp3) is 0.429. The Morgan fingerprint density at radius 3 is 2.71 bits per heavy atom. The summed E-state index contributed by atoms with van der Waals surface area (Å²) in [5.74, 6) is -1.11. The molecule has 0 radical (unpaired) electrons. The average molecular weight is 313 g/mol. The van der Waals surface area contributed by atoms with E-state index in [-0.39, 0.29) is 19.5 Å². The maximum Gasteiger partial charge on any atom is 0.326 e. The molecule has 0 aliphatic carbocycles. The van der Waals surface area contributed by atoms with Crippen molar-refractivity contribution in [2.24, 2.45) is 0 Å². The van der Waals surface area contributed by atoms with Gasteiger partial charge in [-0.2, -0.15) is 0 Å². The van der Waals surface area contributed by atoms with Gasteiger partial charge in [-0.15, -0.1) is 0 Å². The smallest absolute Gasteiger partial charge is 0.326 e. The molecule has 0 aromatic heterocycles. The van der Waals surface area contributed by atoms with E-state index in [1.807, 2.05) is 6.07 Å². The Bertz CT molecular complexity index is 552. The van der Waals surface area contributed by atoms with Crippen molar-refractivity contribution in [1.82, 2.24) is 9.80 Å². The molecule has 0 bridgehead atoms. The molecule has 1 aromatic rings. The fourth-order valence-electron chi connectivity index (χ4n) is 2.43. The molecule has 7 heteroatoms. The van der Waals surface area contributed by atoms with E-state index in [1.165, 1.54) is 9.80 Å². The van der Waals surface area contributed by atoms with E-state index < -0.39 is 24.1 Å². The number of benzene rings is 1. The van der Waals surface area contributed by atoms with Crippen molar-refractivity contribution in [1.29, 1.82) is 0 Å². The van der Waals surface area contributed by atoms with E-state index in [0.29, 0.717) is 5.02 Å². The molecule has 2 N–H and O–H groups in total. The number of carbonyl (C=O) groups is 2. The summed E-state index contributed by atoms with van der Waals surface area (Å²) in [6.07, 6.45) is -0.746. The molecule has 2 amide bonds. The van der Waals surface area contributed by atoms with E-state index in [0.717, 1.165) is 5.56 Å². The minimum Gasteiger partial charge on any atom is -0.480 e. The third-order valence-electron chi connectivity index (χ3n) is 3.50. The molecule has 2 rings (SSSR count). The summed E-state index contributed by atoms with van der Waals surface area (Å²) in [6.45, 7) is 0.306. The van der Waals surface area contributed by atoms with Crippen molar-refractivity contribution in [3.8, 4) is 0 Å². The van der Waals surface area contributed by atoms with Gasteiger partial charge in [-0.3, -0.25) is 0 Å². The number of likely N-dealkylation sites (tertiary alicyclic amines) is 1. The van der Waals surface area contributed by atoms with Crippen LogP contribution in [-0.4, -0.2) is 57.8 Å². The zero-order valence-corrected chi connectivity index (χ0v) is 12.3. The van der Waals surface area contributed by atoms with E-state index in [4.69, 9.17) is 16.7 Å². The van der Waals surface area contributed by atoms with Crippen molar-refractivity contribution in [3.05, 3.63) is 34.9 Å². The molecule has 1 heterocycles. The van der Waals surface area contributed by atoms with E-state index in [2.05, 4.69) is 0 Å². The van der Waals surface area contributed by atoms with Crippen LogP contribution in [0.3, 0.4) is 0 Å².